The summed E-state index contributed by atoms with van der Waals surface area (Å²) >= 11 is 0. The van der Waals surface area contributed by atoms with E-state index in [2.05, 4.69) is 38.6 Å². The van der Waals surface area contributed by atoms with E-state index in [0.29, 0.717) is 65.1 Å². The largest absolute Gasteiger partial charge is 0.495 e. The van der Waals surface area contributed by atoms with Gasteiger partial charge in [0.05, 0.1) is 36.5 Å². The van der Waals surface area contributed by atoms with E-state index in [0.717, 1.165) is 12.8 Å². The topological polar surface area (TPSA) is 128 Å². The fraction of sp³-hybridized carbons (Fsp3) is 0.417. The van der Waals surface area contributed by atoms with E-state index >= 15 is 0 Å². The molecule has 5 rings (SSSR count). The molecule has 2 fully saturated rings. The summed E-state index contributed by atoms with van der Waals surface area (Å²) in [6.45, 7) is 5.74. The Labute approximate surface area is 197 Å². The molecule has 1 saturated heterocycles. The maximum absolute atomic E-state index is 13.0. The first-order valence-electron chi connectivity index (χ1n) is 11.3. The molecule has 10 nitrogen and oxygen atoms in total. The van der Waals surface area contributed by atoms with Gasteiger partial charge >= 0.3 is 0 Å². The van der Waals surface area contributed by atoms with Gasteiger partial charge in [-0.15, -0.1) is 0 Å². The van der Waals surface area contributed by atoms with Crippen LogP contribution >= 0.6 is 0 Å². The summed E-state index contributed by atoms with van der Waals surface area (Å²) < 4.78 is 11.1. The summed E-state index contributed by atoms with van der Waals surface area (Å²) in [4.78, 5) is 27.0. The molecule has 1 atom stereocenters. The lowest BCUT2D eigenvalue weighted by Gasteiger charge is -2.31. The molecule has 3 aromatic rings. The molecule has 1 aromatic carbocycles. The number of hydrogen-bond acceptors (Lipinski definition) is 8. The normalized spacial score (nSPS) is 18.9. The van der Waals surface area contributed by atoms with E-state index in [1.165, 1.54) is 0 Å². The average molecular weight is 462 g/mol. The second-order valence-electron chi connectivity index (χ2n) is 9.09. The number of anilines is 3. The van der Waals surface area contributed by atoms with Crippen molar-refractivity contribution < 1.29 is 14.3 Å². The van der Waals surface area contributed by atoms with E-state index in [1.54, 1.807) is 36.4 Å². The maximum Gasteiger partial charge on any atom is 0.254 e. The number of benzene rings is 1. The highest BCUT2D eigenvalue weighted by Gasteiger charge is 2.38. The number of aromatic amines is 1. The highest BCUT2D eigenvalue weighted by molar-refractivity contribution is 5.96. The molecular weight excluding hydrogens is 434 g/mol. The number of aromatic nitrogens is 3. The summed E-state index contributed by atoms with van der Waals surface area (Å²) in [5.41, 5.74) is 2.20. The van der Waals surface area contributed by atoms with Crippen molar-refractivity contribution in [1.82, 2.24) is 19.9 Å². The summed E-state index contributed by atoms with van der Waals surface area (Å²) in [7, 11) is 1.56. The van der Waals surface area contributed by atoms with Gasteiger partial charge in [0.1, 0.15) is 23.3 Å². The molecule has 0 spiro atoms. The Bertz CT molecular complexity index is 1290. The minimum atomic E-state index is -0.0581. The second-order valence-corrected chi connectivity index (χ2v) is 9.09. The van der Waals surface area contributed by atoms with E-state index in [4.69, 9.17) is 9.47 Å². The standard InChI is InChI=1S/C24H27N7O3/c1-14-13-31(8-9-34-14)22(32)15-4-5-17(18(10-15)33-3)27-23-28-20-19(16(11-25)12-26-20)21(29-23)30-24(2)6-7-24/h4-5,10,12,14H,6-9,13H2,1-3H3,(H3,26,27,28,29,30)/t14-/m1/s1. The summed E-state index contributed by atoms with van der Waals surface area (Å²) in [6, 6.07) is 7.46. The first-order chi connectivity index (χ1) is 16.4. The predicted octanol–water partition coefficient (Wildman–Crippen LogP) is 3.41. The van der Waals surface area contributed by atoms with E-state index < -0.39 is 0 Å². The number of fused-ring (bicyclic) bond motifs is 1. The Hall–Kier alpha value is -3.84. The van der Waals surface area contributed by atoms with Crippen LogP contribution in [-0.2, 0) is 4.74 Å². The zero-order valence-electron chi connectivity index (χ0n) is 19.4. The molecule has 0 radical (unpaired) electrons. The fourth-order valence-corrected chi connectivity index (χ4v) is 4.10. The van der Waals surface area contributed by atoms with Crippen LogP contribution in [0.25, 0.3) is 11.0 Å². The molecule has 0 unspecified atom stereocenters. The van der Waals surface area contributed by atoms with E-state index in [9.17, 15) is 10.1 Å². The van der Waals surface area contributed by atoms with Crippen LogP contribution in [0.2, 0.25) is 0 Å². The minimum Gasteiger partial charge on any atom is -0.495 e. The quantitative estimate of drug-likeness (QED) is 0.509. The Morgan fingerprint density at radius 2 is 2.21 bits per heavy atom. The van der Waals surface area contributed by atoms with Gasteiger partial charge in [-0.25, -0.2) is 0 Å². The molecule has 2 aliphatic rings. The molecule has 10 heteroatoms. The van der Waals surface area contributed by atoms with Gasteiger partial charge in [0.15, 0.2) is 0 Å². The van der Waals surface area contributed by atoms with Crippen LogP contribution in [0.15, 0.2) is 24.4 Å². The molecule has 176 valence electrons. The number of nitrogens with zero attached hydrogens (tertiary/aromatic N) is 4. The van der Waals surface area contributed by atoms with E-state index in [1.807, 2.05) is 6.92 Å². The molecule has 34 heavy (non-hydrogen) atoms. The lowest BCUT2D eigenvalue weighted by atomic mass is 10.1. The van der Waals surface area contributed by atoms with Crippen LogP contribution < -0.4 is 15.4 Å². The zero-order valence-corrected chi connectivity index (χ0v) is 19.4. The maximum atomic E-state index is 13.0. The number of morpholine rings is 1. The molecule has 2 aromatic heterocycles. The molecule has 1 aliphatic carbocycles. The second kappa shape index (κ2) is 8.50. The Morgan fingerprint density at radius 3 is 2.91 bits per heavy atom. The number of amides is 1. The molecule has 1 saturated carbocycles. The summed E-state index contributed by atoms with van der Waals surface area (Å²) in [6.07, 6.45) is 3.73. The Balaban J connectivity index is 1.44. The van der Waals surface area contributed by atoms with Crippen LogP contribution in [0.1, 0.15) is 42.6 Å². The number of methoxy groups -OCH3 is 1. The van der Waals surface area contributed by atoms with Crippen LogP contribution in [0.3, 0.4) is 0 Å². The van der Waals surface area contributed by atoms with Crippen molar-refractivity contribution in [2.75, 3.05) is 37.4 Å². The van der Waals surface area contributed by atoms with Gasteiger partial charge < -0.3 is 30.0 Å². The highest BCUT2D eigenvalue weighted by atomic mass is 16.5. The SMILES string of the molecule is COc1cc(C(=O)N2CCO[C@H](C)C2)ccc1Nc1nc(NC2(C)CC2)c2c(C#N)c[nH]c2n1. The number of carbonyl (C=O) groups excluding carboxylic acids is 1. The van der Waals surface area contributed by atoms with Crippen LogP contribution in [0, 0.1) is 11.3 Å². The third-order valence-electron chi connectivity index (χ3n) is 6.30. The minimum absolute atomic E-state index is 0.0165. The molecule has 3 N–H and O–H groups in total. The van der Waals surface area contributed by atoms with Gasteiger partial charge in [0, 0.05) is 30.4 Å². The Morgan fingerprint density at radius 1 is 1.38 bits per heavy atom. The van der Waals surface area contributed by atoms with Crippen molar-refractivity contribution in [2.24, 2.45) is 0 Å². The number of rotatable bonds is 6. The first-order valence-corrected chi connectivity index (χ1v) is 11.3. The molecular formula is C24H27N7O3. The van der Waals surface area contributed by atoms with Crippen LogP contribution in [0.4, 0.5) is 17.5 Å². The monoisotopic (exact) mass is 461 g/mol. The number of carbonyl (C=O) groups is 1. The lowest BCUT2D eigenvalue weighted by molar-refractivity contribution is -0.0124. The Kier molecular flexibility index (Phi) is 5.49. The molecule has 1 aliphatic heterocycles. The number of nitrogens with one attached hydrogen (secondary N) is 3. The smallest absolute Gasteiger partial charge is 0.254 e. The molecule has 0 bridgehead atoms. The van der Waals surface area contributed by atoms with Crippen LogP contribution in [0.5, 0.6) is 5.75 Å². The number of ether oxygens (including phenoxy) is 2. The van der Waals surface area contributed by atoms with Crippen molar-refractivity contribution >= 4 is 34.4 Å². The number of H-pyrrole nitrogens is 1. The fourth-order valence-electron chi connectivity index (χ4n) is 4.10. The number of hydrogen-bond donors (Lipinski definition) is 3. The highest BCUT2D eigenvalue weighted by Crippen LogP contribution is 2.40. The van der Waals surface area contributed by atoms with Crippen molar-refractivity contribution in [3.05, 3.63) is 35.5 Å². The van der Waals surface area contributed by atoms with Crippen molar-refractivity contribution in [2.45, 2.75) is 38.3 Å². The van der Waals surface area contributed by atoms with Crippen molar-refractivity contribution in [3.8, 4) is 11.8 Å². The first kappa shape index (κ1) is 22.0. The number of nitriles is 1. The zero-order chi connectivity index (χ0) is 23.9. The van der Waals surface area contributed by atoms with E-state index in [-0.39, 0.29) is 17.6 Å². The summed E-state index contributed by atoms with van der Waals surface area (Å²) in [5.74, 6) is 1.41. The predicted molar refractivity (Wildman–Crippen MR) is 127 cm³/mol. The third kappa shape index (κ3) is 4.22. The molecule has 3 heterocycles. The third-order valence-corrected chi connectivity index (χ3v) is 6.30. The van der Waals surface area contributed by atoms with Gasteiger partial charge in [-0.1, -0.05) is 0 Å². The van der Waals surface area contributed by atoms with Crippen LogP contribution in [-0.4, -0.2) is 64.2 Å². The van der Waals surface area contributed by atoms with Gasteiger partial charge in [-0.05, 0) is 44.9 Å². The van der Waals surface area contributed by atoms with Crippen molar-refractivity contribution in [1.29, 1.82) is 5.26 Å². The molecule has 1 amide bonds. The summed E-state index contributed by atoms with van der Waals surface area (Å²) in [5, 5.41) is 16.8. The van der Waals surface area contributed by atoms with Gasteiger partial charge in [-0.3, -0.25) is 4.79 Å². The lowest BCUT2D eigenvalue weighted by Crippen LogP contribution is -2.44. The van der Waals surface area contributed by atoms with Crippen molar-refractivity contribution in [3.63, 3.8) is 0 Å². The van der Waals surface area contributed by atoms with Gasteiger partial charge in [0.2, 0.25) is 5.95 Å². The van der Waals surface area contributed by atoms with Gasteiger partial charge in [-0.2, -0.15) is 15.2 Å². The average Bonchev–Trinajstić information content (AvgIpc) is 3.40. The van der Waals surface area contributed by atoms with Gasteiger partial charge in [0.25, 0.3) is 5.91 Å².